The molecule has 0 unspecified atom stereocenters. The van der Waals surface area contributed by atoms with E-state index in [-0.39, 0.29) is 18.7 Å². The summed E-state index contributed by atoms with van der Waals surface area (Å²) in [5.41, 5.74) is 0.181. The lowest BCUT2D eigenvalue weighted by atomic mass is 9.74. The number of rotatable bonds is 5. The standard InChI is InChI=1S/C14H15Cl2NO3/c15-10-3-2-9(6-11(10)16)7-12(18)17-14(4-1-5-14)8-13(19)20/h2-3,6H,1,4-5,7-8H2,(H,17,18)(H,19,20). The van der Waals surface area contributed by atoms with Gasteiger partial charge >= 0.3 is 5.97 Å². The normalized spacial score (nSPS) is 16.3. The van der Waals surface area contributed by atoms with Crippen molar-refractivity contribution < 1.29 is 14.7 Å². The molecule has 1 amide bonds. The van der Waals surface area contributed by atoms with Gasteiger partial charge < -0.3 is 10.4 Å². The van der Waals surface area contributed by atoms with Crippen LogP contribution in [0.25, 0.3) is 0 Å². The molecule has 4 nitrogen and oxygen atoms in total. The number of nitrogens with one attached hydrogen (secondary N) is 1. The van der Waals surface area contributed by atoms with Crippen LogP contribution in [0.5, 0.6) is 0 Å². The second-order valence-electron chi connectivity index (χ2n) is 5.18. The van der Waals surface area contributed by atoms with E-state index < -0.39 is 11.5 Å². The number of carbonyl (C=O) groups excluding carboxylic acids is 1. The van der Waals surface area contributed by atoms with Crippen LogP contribution in [0.4, 0.5) is 0 Å². The average Bonchev–Trinajstić information content (AvgIpc) is 2.30. The Kier molecular flexibility index (Phi) is 4.55. The summed E-state index contributed by atoms with van der Waals surface area (Å²) in [6.45, 7) is 0. The van der Waals surface area contributed by atoms with Gasteiger partial charge in [-0.05, 0) is 37.0 Å². The maximum absolute atomic E-state index is 12.0. The molecule has 2 N–H and O–H groups in total. The Morgan fingerprint density at radius 2 is 1.95 bits per heavy atom. The maximum Gasteiger partial charge on any atom is 0.305 e. The molecule has 1 aromatic rings. The Morgan fingerprint density at radius 3 is 2.45 bits per heavy atom. The van der Waals surface area contributed by atoms with Gasteiger partial charge in [-0.1, -0.05) is 29.3 Å². The van der Waals surface area contributed by atoms with Crippen LogP contribution >= 0.6 is 23.2 Å². The van der Waals surface area contributed by atoms with Crippen molar-refractivity contribution in [2.24, 2.45) is 0 Å². The van der Waals surface area contributed by atoms with E-state index >= 15 is 0 Å². The Hall–Kier alpha value is -1.26. The van der Waals surface area contributed by atoms with E-state index in [0.717, 1.165) is 12.0 Å². The van der Waals surface area contributed by atoms with Gasteiger partial charge in [-0.2, -0.15) is 0 Å². The Labute approximate surface area is 127 Å². The summed E-state index contributed by atoms with van der Waals surface area (Å²) in [6.07, 6.45) is 2.51. The van der Waals surface area contributed by atoms with Crippen LogP contribution in [0.3, 0.4) is 0 Å². The minimum absolute atomic E-state index is 0.0277. The zero-order chi connectivity index (χ0) is 14.8. The van der Waals surface area contributed by atoms with Crippen LogP contribution in [0.15, 0.2) is 18.2 Å². The number of hydrogen-bond donors (Lipinski definition) is 2. The van der Waals surface area contributed by atoms with Gasteiger partial charge in [-0.3, -0.25) is 9.59 Å². The first-order valence-corrected chi connectivity index (χ1v) is 7.13. The lowest BCUT2D eigenvalue weighted by Gasteiger charge is -2.41. The third-order valence-corrected chi connectivity index (χ3v) is 4.29. The van der Waals surface area contributed by atoms with Crippen molar-refractivity contribution in [2.75, 3.05) is 0 Å². The highest BCUT2D eigenvalue weighted by atomic mass is 35.5. The molecule has 1 fully saturated rings. The predicted molar refractivity (Wildman–Crippen MR) is 77.1 cm³/mol. The van der Waals surface area contributed by atoms with E-state index in [1.54, 1.807) is 18.2 Å². The molecule has 0 radical (unpaired) electrons. The summed E-state index contributed by atoms with van der Waals surface area (Å²) in [4.78, 5) is 22.9. The molecule has 1 aliphatic rings. The first-order valence-electron chi connectivity index (χ1n) is 6.37. The van der Waals surface area contributed by atoms with Crippen LogP contribution in [0, 0.1) is 0 Å². The summed E-state index contributed by atoms with van der Waals surface area (Å²) in [5, 5.41) is 12.6. The van der Waals surface area contributed by atoms with Gasteiger partial charge in [0.2, 0.25) is 5.91 Å². The number of hydrogen-bond acceptors (Lipinski definition) is 2. The monoisotopic (exact) mass is 315 g/mol. The van der Waals surface area contributed by atoms with E-state index in [0.29, 0.717) is 22.9 Å². The molecular formula is C14H15Cl2NO3. The molecule has 0 heterocycles. The molecule has 20 heavy (non-hydrogen) atoms. The Bertz CT molecular complexity index is 541. The molecular weight excluding hydrogens is 301 g/mol. The number of carbonyl (C=O) groups is 2. The fourth-order valence-electron chi connectivity index (χ4n) is 2.41. The Balaban J connectivity index is 1.97. The van der Waals surface area contributed by atoms with E-state index in [2.05, 4.69) is 5.32 Å². The molecule has 2 rings (SSSR count). The first kappa shape index (κ1) is 15.1. The van der Waals surface area contributed by atoms with Crippen molar-refractivity contribution in [3.63, 3.8) is 0 Å². The van der Waals surface area contributed by atoms with Gasteiger partial charge in [0.15, 0.2) is 0 Å². The van der Waals surface area contributed by atoms with Crippen LogP contribution in [0.2, 0.25) is 10.0 Å². The summed E-state index contributed by atoms with van der Waals surface area (Å²) >= 11 is 11.7. The Morgan fingerprint density at radius 1 is 1.25 bits per heavy atom. The number of benzene rings is 1. The lowest BCUT2D eigenvalue weighted by molar-refractivity contribution is -0.140. The highest BCUT2D eigenvalue weighted by molar-refractivity contribution is 6.42. The highest BCUT2D eigenvalue weighted by Gasteiger charge is 2.40. The molecule has 1 saturated carbocycles. The molecule has 0 aliphatic heterocycles. The van der Waals surface area contributed by atoms with Crippen LogP contribution in [0.1, 0.15) is 31.2 Å². The van der Waals surface area contributed by atoms with Gasteiger partial charge in [-0.15, -0.1) is 0 Å². The van der Waals surface area contributed by atoms with E-state index in [4.69, 9.17) is 28.3 Å². The molecule has 1 aromatic carbocycles. The highest BCUT2D eigenvalue weighted by Crippen LogP contribution is 2.35. The number of carboxylic acids is 1. The summed E-state index contributed by atoms with van der Waals surface area (Å²) < 4.78 is 0. The SMILES string of the molecule is O=C(O)CC1(NC(=O)Cc2ccc(Cl)c(Cl)c2)CCC1. The van der Waals surface area contributed by atoms with Crippen molar-refractivity contribution in [1.29, 1.82) is 0 Å². The van der Waals surface area contributed by atoms with Gasteiger partial charge in [0.25, 0.3) is 0 Å². The van der Waals surface area contributed by atoms with Gasteiger partial charge in [0, 0.05) is 0 Å². The smallest absolute Gasteiger partial charge is 0.305 e. The molecule has 0 atom stereocenters. The molecule has 1 aliphatic carbocycles. The number of aliphatic carboxylic acids is 1. The van der Waals surface area contributed by atoms with Gasteiger partial charge in [0.1, 0.15) is 0 Å². The third kappa shape index (κ3) is 3.64. The molecule has 0 bridgehead atoms. The van der Waals surface area contributed by atoms with E-state index in [1.807, 2.05) is 0 Å². The number of halogens is 2. The summed E-state index contributed by atoms with van der Waals surface area (Å²) in [5.74, 6) is -1.08. The zero-order valence-electron chi connectivity index (χ0n) is 10.8. The third-order valence-electron chi connectivity index (χ3n) is 3.55. The fraction of sp³-hybridized carbons (Fsp3) is 0.429. The van der Waals surface area contributed by atoms with E-state index in [1.165, 1.54) is 0 Å². The minimum Gasteiger partial charge on any atom is -0.481 e. The molecule has 0 saturated heterocycles. The summed E-state index contributed by atoms with van der Waals surface area (Å²) in [6, 6.07) is 5.02. The first-order chi connectivity index (χ1) is 9.40. The number of amides is 1. The van der Waals surface area contributed by atoms with Crippen molar-refractivity contribution in [1.82, 2.24) is 5.32 Å². The maximum atomic E-state index is 12.0. The van der Waals surface area contributed by atoms with E-state index in [9.17, 15) is 9.59 Å². The topological polar surface area (TPSA) is 66.4 Å². The van der Waals surface area contributed by atoms with Gasteiger partial charge in [0.05, 0.1) is 28.4 Å². The molecule has 108 valence electrons. The summed E-state index contributed by atoms with van der Waals surface area (Å²) in [7, 11) is 0. The largest absolute Gasteiger partial charge is 0.481 e. The molecule has 0 aromatic heterocycles. The van der Waals surface area contributed by atoms with Crippen molar-refractivity contribution in [3.05, 3.63) is 33.8 Å². The lowest BCUT2D eigenvalue weighted by Crippen LogP contribution is -2.55. The predicted octanol–water partition coefficient (Wildman–Crippen LogP) is 3.05. The zero-order valence-corrected chi connectivity index (χ0v) is 12.3. The number of carboxylic acid groups (broad SMARTS) is 1. The quantitative estimate of drug-likeness (QED) is 0.877. The van der Waals surface area contributed by atoms with Crippen LogP contribution < -0.4 is 5.32 Å². The minimum atomic E-state index is -0.889. The van der Waals surface area contributed by atoms with Crippen LogP contribution in [-0.4, -0.2) is 22.5 Å². The fourth-order valence-corrected chi connectivity index (χ4v) is 2.73. The second-order valence-corrected chi connectivity index (χ2v) is 5.99. The molecule has 6 heteroatoms. The second kappa shape index (κ2) is 6.02. The van der Waals surface area contributed by atoms with Crippen molar-refractivity contribution in [3.8, 4) is 0 Å². The van der Waals surface area contributed by atoms with Crippen molar-refractivity contribution >= 4 is 35.1 Å². The van der Waals surface area contributed by atoms with Crippen LogP contribution in [-0.2, 0) is 16.0 Å². The molecule has 0 spiro atoms. The van der Waals surface area contributed by atoms with Gasteiger partial charge in [-0.25, -0.2) is 0 Å². The van der Waals surface area contributed by atoms with Crippen molar-refractivity contribution in [2.45, 2.75) is 37.6 Å². The average molecular weight is 316 g/mol.